The SMILES string of the molecule is CN[C@H](CC[C@@H]1CCN(CC#Cc2cc(F)cc(F)c2)C[C@@H]1CO)c1ccnc2ccc(OC)cc12. The Bertz CT molecular complexity index is 1220. The van der Waals surface area contributed by atoms with Gasteiger partial charge in [-0.05, 0) is 86.7 Å². The molecule has 3 aromatic rings. The lowest BCUT2D eigenvalue weighted by molar-refractivity contribution is 0.0734. The van der Waals surface area contributed by atoms with E-state index in [1.54, 1.807) is 7.11 Å². The summed E-state index contributed by atoms with van der Waals surface area (Å²) in [6, 6.07) is 11.5. The van der Waals surface area contributed by atoms with Crippen LogP contribution in [-0.4, -0.2) is 55.4 Å². The zero-order valence-corrected chi connectivity index (χ0v) is 20.8. The number of aliphatic hydroxyl groups is 1. The number of nitrogens with zero attached hydrogens (tertiary/aromatic N) is 2. The van der Waals surface area contributed by atoms with Crippen molar-refractivity contribution in [1.29, 1.82) is 0 Å². The summed E-state index contributed by atoms with van der Waals surface area (Å²) < 4.78 is 32.2. The maximum atomic E-state index is 13.4. The summed E-state index contributed by atoms with van der Waals surface area (Å²) in [6.07, 6.45) is 4.76. The van der Waals surface area contributed by atoms with Crippen LogP contribution in [0.15, 0.2) is 48.7 Å². The molecule has 0 unspecified atom stereocenters. The highest BCUT2D eigenvalue weighted by Gasteiger charge is 2.29. The summed E-state index contributed by atoms with van der Waals surface area (Å²) >= 11 is 0. The molecule has 1 aliphatic heterocycles. The highest BCUT2D eigenvalue weighted by Crippen LogP contribution is 2.33. The molecule has 1 aliphatic rings. The number of fused-ring (bicyclic) bond motifs is 1. The standard InChI is InChI=1S/C29H33F2N3O2/c1-32-28(26-9-11-33-29-8-6-25(36-2)17-27(26)29)7-5-21-10-13-34(18-22(21)19-35)12-3-4-20-14-23(30)16-24(31)15-20/h6,8-9,11,14-17,21-22,28,32,35H,5,7,10,12-13,18-19H2,1-2H3/t21-,22-,28-/m1/s1. The summed E-state index contributed by atoms with van der Waals surface area (Å²) in [4.78, 5) is 6.71. The van der Waals surface area contributed by atoms with E-state index in [0.717, 1.165) is 55.1 Å². The molecule has 4 rings (SSSR count). The van der Waals surface area contributed by atoms with Crippen molar-refractivity contribution in [2.24, 2.45) is 11.8 Å². The second-order valence-corrected chi connectivity index (χ2v) is 9.39. The molecular weight excluding hydrogens is 460 g/mol. The van der Waals surface area contributed by atoms with Crippen LogP contribution < -0.4 is 10.1 Å². The topological polar surface area (TPSA) is 57.6 Å². The van der Waals surface area contributed by atoms with Gasteiger partial charge >= 0.3 is 0 Å². The normalized spacial score (nSPS) is 19.0. The number of pyridine rings is 1. The Morgan fingerprint density at radius 2 is 1.97 bits per heavy atom. The third-order valence-corrected chi connectivity index (χ3v) is 7.14. The van der Waals surface area contributed by atoms with Gasteiger partial charge in [-0.15, -0.1) is 0 Å². The van der Waals surface area contributed by atoms with Gasteiger partial charge in [0.05, 0.1) is 19.2 Å². The second-order valence-electron chi connectivity index (χ2n) is 9.39. The first-order valence-electron chi connectivity index (χ1n) is 12.4. The third kappa shape index (κ3) is 6.38. The molecule has 2 N–H and O–H groups in total. The van der Waals surface area contributed by atoms with Crippen LogP contribution in [0.5, 0.6) is 5.75 Å². The van der Waals surface area contributed by atoms with Crippen LogP contribution in [0.25, 0.3) is 10.9 Å². The molecule has 190 valence electrons. The van der Waals surface area contributed by atoms with Crippen LogP contribution in [0.1, 0.15) is 36.4 Å². The highest BCUT2D eigenvalue weighted by atomic mass is 19.1. The molecule has 0 radical (unpaired) electrons. The molecule has 2 heterocycles. The van der Waals surface area contributed by atoms with Crippen molar-refractivity contribution in [1.82, 2.24) is 15.2 Å². The van der Waals surface area contributed by atoms with Gasteiger partial charge in [-0.1, -0.05) is 11.8 Å². The Balaban J connectivity index is 1.37. The Labute approximate surface area is 211 Å². The van der Waals surface area contributed by atoms with Gasteiger partial charge in [0.2, 0.25) is 0 Å². The summed E-state index contributed by atoms with van der Waals surface area (Å²) in [6.45, 7) is 2.27. The molecule has 3 atom stereocenters. The number of likely N-dealkylation sites (tertiary alicyclic amines) is 1. The highest BCUT2D eigenvalue weighted by molar-refractivity contribution is 5.84. The minimum atomic E-state index is -0.626. The van der Waals surface area contributed by atoms with Crippen molar-refractivity contribution >= 4 is 10.9 Å². The number of benzene rings is 2. The molecule has 2 aromatic carbocycles. The number of nitrogens with one attached hydrogen (secondary N) is 1. The average Bonchev–Trinajstić information content (AvgIpc) is 2.88. The molecular formula is C29H33F2N3O2. The fraction of sp³-hybridized carbons (Fsp3) is 0.414. The minimum absolute atomic E-state index is 0.128. The van der Waals surface area contributed by atoms with E-state index in [2.05, 4.69) is 33.1 Å². The summed E-state index contributed by atoms with van der Waals surface area (Å²) in [5.74, 6) is 6.01. The number of ether oxygens (including phenoxy) is 1. The number of methoxy groups -OCH3 is 1. The zero-order valence-electron chi connectivity index (χ0n) is 20.8. The second kappa shape index (κ2) is 12.3. The van der Waals surface area contributed by atoms with E-state index in [0.29, 0.717) is 18.0 Å². The fourth-order valence-corrected chi connectivity index (χ4v) is 5.18. The molecule has 0 amide bonds. The predicted octanol–water partition coefficient (Wildman–Crippen LogP) is 4.54. The van der Waals surface area contributed by atoms with Gasteiger partial charge in [0.1, 0.15) is 17.4 Å². The van der Waals surface area contributed by atoms with Crippen LogP contribution in [0.4, 0.5) is 8.78 Å². The molecule has 0 spiro atoms. The first kappa shape index (κ1) is 26.0. The molecule has 5 nitrogen and oxygen atoms in total. The fourth-order valence-electron chi connectivity index (χ4n) is 5.18. The van der Waals surface area contributed by atoms with E-state index in [9.17, 15) is 13.9 Å². The van der Waals surface area contributed by atoms with E-state index in [-0.39, 0.29) is 18.6 Å². The van der Waals surface area contributed by atoms with E-state index in [1.165, 1.54) is 17.7 Å². The quantitative estimate of drug-likeness (QED) is 0.451. The van der Waals surface area contributed by atoms with Gasteiger partial charge in [-0.2, -0.15) is 0 Å². The number of hydrogen-bond acceptors (Lipinski definition) is 5. The van der Waals surface area contributed by atoms with Crippen molar-refractivity contribution in [3.63, 3.8) is 0 Å². The largest absolute Gasteiger partial charge is 0.497 e. The van der Waals surface area contributed by atoms with Gasteiger partial charge < -0.3 is 15.2 Å². The maximum absolute atomic E-state index is 13.4. The monoisotopic (exact) mass is 493 g/mol. The van der Waals surface area contributed by atoms with E-state index < -0.39 is 11.6 Å². The number of aromatic nitrogens is 1. The van der Waals surface area contributed by atoms with Crippen LogP contribution >= 0.6 is 0 Å². The first-order valence-corrected chi connectivity index (χ1v) is 12.4. The molecule has 1 saturated heterocycles. The molecule has 0 bridgehead atoms. The van der Waals surface area contributed by atoms with E-state index >= 15 is 0 Å². The van der Waals surface area contributed by atoms with Gasteiger partial charge in [-0.3, -0.25) is 9.88 Å². The molecule has 0 aliphatic carbocycles. The number of hydrogen-bond donors (Lipinski definition) is 2. The van der Waals surface area contributed by atoms with Crippen LogP contribution in [-0.2, 0) is 0 Å². The average molecular weight is 494 g/mol. The van der Waals surface area contributed by atoms with Crippen molar-refractivity contribution in [2.75, 3.05) is 40.4 Å². The Kier molecular flexibility index (Phi) is 8.87. The molecule has 1 fully saturated rings. The smallest absolute Gasteiger partial charge is 0.127 e. The number of rotatable bonds is 8. The van der Waals surface area contributed by atoms with Crippen LogP contribution in [0.3, 0.4) is 0 Å². The molecule has 36 heavy (non-hydrogen) atoms. The summed E-state index contributed by atoms with van der Waals surface area (Å²) in [5.41, 5.74) is 2.47. The maximum Gasteiger partial charge on any atom is 0.127 e. The van der Waals surface area contributed by atoms with Crippen molar-refractivity contribution < 1.29 is 18.6 Å². The van der Waals surface area contributed by atoms with Crippen LogP contribution in [0.2, 0.25) is 0 Å². The number of aliphatic hydroxyl groups excluding tert-OH is 1. The molecule has 0 saturated carbocycles. The van der Waals surface area contributed by atoms with Gasteiger partial charge in [-0.25, -0.2) is 8.78 Å². The minimum Gasteiger partial charge on any atom is -0.497 e. The van der Waals surface area contributed by atoms with Crippen molar-refractivity contribution in [3.8, 4) is 17.6 Å². The third-order valence-electron chi connectivity index (χ3n) is 7.14. The molecule has 7 heteroatoms. The number of halogens is 2. The van der Waals surface area contributed by atoms with Crippen molar-refractivity contribution in [3.05, 3.63) is 71.4 Å². The summed E-state index contributed by atoms with van der Waals surface area (Å²) in [5, 5.41) is 14.7. The first-order chi connectivity index (χ1) is 17.5. The van der Waals surface area contributed by atoms with E-state index in [4.69, 9.17) is 4.74 Å². The van der Waals surface area contributed by atoms with Gasteiger partial charge in [0.25, 0.3) is 0 Å². The predicted molar refractivity (Wildman–Crippen MR) is 138 cm³/mol. The Morgan fingerprint density at radius 1 is 1.17 bits per heavy atom. The zero-order chi connectivity index (χ0) is 25.5. The lowest BCUT2D eigenvalue weighted by Gasteiger charge is -2.37. The van der Waals surface area contributed by atoms with Crippen LogP contribution in [0, 0.1) is 35.3 Å². The number of piperidine rings is 1. The van der Waals surface area contributed by atoms with Crippen molar-refractivity contribution in [2.45, 2.75) is 25.3 Å². The van der Waals surface area contributed by atoms with E-state index in [1.807, 2.05) is 31.4 Å². The molecule has 1 aromatic heterocycles. The Hall–Kier alpha value is -3.05. The lowest BCUT2D eigenvalue weighted by atomic mass is 9.81. The lowest BCUT2D eigenvalue weighted by Crippen LogP contribution is -2.42. The summed E-state index contributed by atoms with van der Waals surface area (Å²) in [7, 11) is 3.65. The Morgan fingerprint density at radius 3 is 2.69 bits per heavy atom. The van der Waals surface area contributed by atoms with Gasteiger partial charge in [0, 0.05) is 42.4 Å². The van der Waals surface area contributed by atoms with Gasteiger partial charge in [0.15, 0.2) is 0 Å².